The molecule has 0 aliphatic carbocycles. The molecule has 1 heteroatoms. The summed E-state index contributed by atoms with van der Waals surface area (Å²) in [6, 6.07) is 0. The van der Waals surface area contributed by atoms with E-state index in [1.165, 1.54) is 25.7 Å². The molecule has 0 saturated heterocycles. The summed E-state index contributed by atoms with van der Waals surface area (Å²) in [5.41, 5.74) is 1.12. The fraction of sp³-hybridized carbons (Fsp3) is 0.750. The molecule has 76 valence electrons. The van der Waals surface area contributed by atoms with Crippen LogP contribution in [0.2, 0.25) is 0 Å². The van der Waals surface area contributed by atoms with E-state index in [0.29, 0.717) is 0 Å². The molecular formula is C12H22O. The largest absolute Gasteiger partial charge is 0.303 e. The molecule has 0 N–H and O–H groups in total. The van der Waals surface area contributed by atoms with E-state index in [4.69, 9.17) is 0 Å². The van der Waals surface area contributed by atoms with Gasteiger partial charge in [0.25, 0.3) is 0 Å². The molecule has 0 spiro atoms. The van der Waals surface area contributed by atoms with Gasteiger partial charge < -0.3 is 4.79 Å². The second kappa shape index (κ2) is 8.03. The van der Waals surface area contributed by atoms with E-state index in [2.05, 4.69) is 13.5 Å². The summed E-state index contributed by atoms with van der Waals surface area (Å²) in [6.07, 6.45) is 7.99. The maximum Gasteiger partial charge on any atom is 0.123 e. The highest BCUT2D eigenvalue weighted by atomic mass is 16.1. The van der Waals surface area contributed by atoms with Gasteiger partial charge >= 0.3 is 0 Å². The molecule has 0 aromatic heterocycles. The third-order valence-electron chi connectivity index (χ3n) is 2.23. The highest BCUT2D eigenvalue weighted by molar-refractivity contribution is 5.53. The number of rotatable bonds is 8. The van der Waals surface area contributed by atoms with Gasteiger partial charge in [-0.2, -0.15) is 0 Å². The smallest absolute Gasteiger partial charge is 0.123 e. The van der Waals surface area contributed by atoms with Crippen molar-refractivity contribution in [1.82, 2.24) is 0 Å². The number of carbonyl (C=O) groups is 1. The number of aldehydes is 1. The van der Waals surface area contributed by atoms with Crippen LogP contribution in [0.5, 0.6) is 0 Å². The molecule has 0 saturated carbocycles. The van der Waals surface area contributed by atoms with E-state index < -0.39 is 0 Å². The van der Waals surface area contributed by atoms with Crippen LogP contribution in [0.3, 0.4) is 0 Å². The molecule has 0 aromatic carbocycles. The molecule has 0 aliphatic heterocycles. The fourth-order valence-electron chi connectivity index (χ4n) is 1.50. The second-order valence-corrected chi connectivity index (χ2v) is 3.91. The Labute approximate surface area is 82.2 Å². The second-order valence-electron chi connectivity index (χ2n) is 3.91. The lowest BCUT2D eigenvalue weighted by atomic mass is 9.96. The highest BCUT2D eigenvalue weighted by Gasteiger charge is 2.06. The topological polar surface area (TPSA) is 17.1 Å². The van der Waals surface area contributed by atoms with E-state index in [-0.39, 0.29) is 5.92 Å². The summed E-state index contributed by atoms with van der Waals surface area (Å²) in [5.74, 6) is 0.217. The number of hydrogen-bond acceptors (Lipinski definition) is 1. The number of hydrogen-bond donors (Lipinski definition) is 0. The van der Waals surface area contributed by atoms with Gasteiger partial charge in [-0.05, 0) is 19.8 Å². The Morgan fingerprint density at radius 2 is 2.08 bits per heavy atom. The molecule has 0 radical (unpaired) electrons. The monoisotopic (exact) mass is 182 g/mol. The van der Waals surface area contributed by atoms with E-state index in [9.17, 15) is 4.79 Å². The van der Waals surface area contributed by atoms with Crippen LogP contribution in [0.25, 0.3) is 0 Å². The van der Waals surface area contributed by atoms with E-state index in [0.717, 1.165) is 24.7 Å². The van der Waals surface area contributed by atoms with Crippen molar-refractivity contribution in [2.75, 3.05) is 0 Å². The maximum atomic E-state index is 10.7. The zero-order chi connectivity index (χ0) is 10.1. The molecule has 0 aromatic rings. The van der Waals surface area contributed by atoms with Gasteiger partial charge in [-0.3, -0.25) is 0 Å². The predicted octanol–water partition coefficient (Wildman–Crippen LogP) is 3.74. The molecule has 1 unspecified atom stereocenters. The first-order valence-electron chi connectivity index (χ1n) is 5.30. The Morgan fingerprint density at radius 1 is 1.38 bits per heavy atom. The van der Waals surface area contributed by atoms with E-state index >= 15 is 0 Å². The molecule has 0 aliphatic rings. The van der Waals surface area contributed by atoms with Crippen LogP contribution in [-0.4, -0.2) is 6.29 Å². The molecular weight excluding hydrogens is 160 g/mol. The predicted molar refractivity (Wildman–Crippen MR) is 57.7 cm³/mol. The van der Waals surface area contributed by atoms with Crippen molar-refractivity contribution >= 4 is 6.29 Å². The standard InChI is InChI=1S/C12H22O/c1-4-5-6-7-8-12(10-13)9-11(2)3/h10,12H,2,4-9H2,1,3H3. The summed E-state index contributed by atoms with van der Waals surface area (Å²) in [7, 11) is 0. The molecule has 1 atom stereocenters. The van der Waals surface area contributed by atoms with Crippen LogP contribution in [0.4, 0.5) is 0 Å². The summed E-state index contributed by atoms with van der Waals surface area (Å²) < 4.78 is 0. The molecule has 1 nitrogen and oxygen atoms in total. The van der Waals surface area contributed by atoms with Gasteiger partial charge in [0.1, 0.15) is 6.29 Å². The minimum Gasteiger partial charge on any atom is -0.303 e. The quantitative estimate of drug-likeness (QED) is 0.317. The van der Waals surface area contributed by atoms with Crippen LogP contribution in [0, 0.1) is 5.92 Å². The Kier molecular flexibility index (Phi) is 7.66. The Morgan fingerprint density at radius 3 is 2.54 bits per heavy atom. The van der Waals surface area contributed by atoms with Gasteiger partial charge in [-0.1, -0.05) is 38.2 Å². The first-order valence-corrected chi connectivity index (χ1v) is 5.30. The van der Waals surface area contributed by atoms with Gasteiger partial charge in [0.05, 0.1) is 0 Å². The lowest BCUT2D eigenvalue weighted by molar-refractivity contribution is -0.111. The van der Waals surface area contributed by atoms with Gasteiger partial charge in [-0.25, -0.2) is 0 Å². The van der Waals surface area contributed by atoms with Crippen molar-refractivity contribution < 1.29 is 4.79 Å². The third kappa shape index (κ3) is 7.76. The third-order valence-corrected chi connectivity index (χ3v) is 2.23. The van der Waals surface area contributed by atoms with Crippen LogP contribution in [0.1, 0.15) is 52.4 Å². The van der Waals surface area contributed by atoms with Gasteiger partial charge in [-0.15, -0.1) is 6.58 Å². The van der Waals surface area contributed by atoms with Gasteiger partial charge in [0, 0.05) is 5.92 Å². The van der Waals surface area contributed by atoms with Crippen molar-refractivity contribution in [2.45, 2.75) is 52.4 Å². The van der Waals surface area contributed by atoms with Crippen molar-refractivity contribution in [3.63, 3.8) is 0 Å². The highest BCUT2D eigenvalue weighted by Crippen LogP contribution is 2.15. The first-order chi connectivity index (χ1) is 6.20. The summed E-state index contributed by atoms with van der Waals surface area (Å²) >= 11 is 0. The molecule has 0 amide bonds. The zero-order valence-electron chi connectivity index (χ0n) is 9.01. The van der Waals surface area contributed by atoms with Crippen LogP contribution < -0.4 is 0 Å². The lowest BCUT2D eigenvalue weighted by Crippen LogP contribution is -2.02. The van der Waals surface area contributed by atoms with Crippen LogP contribution >= 0.6 is 0 Å². The Bertz CT molecular complexity index is 149. The van der Waals surface area contributed by atoms with Crippen molar-refractivity contribution in [3.05, 3.63) is 12.2 Å². The minimum atomic E-state index is 0.217. The van der Waals surface area contributed by atoms with Crippen molar-refractivity contribution in [2.24, 2.45) is 5.92 Å². The molecule has 0 rings (SSSR count). The zero-order valence-corrected chi connectivity index (χ0v) is 9.01. The lowest BCUT2D eigenvalue weighted by Gasteiger charge is -2.08. The van der Waals surface area contributed by atoms with E-state index in [1.807, 2.05) is 6.92 Å². The average Bonchev–Trinajstić information content (AvgIpc) is 2.09. The normalized spacial score (nSPS) is 12.5. The minimum absolute atomic E-state index is 0.217. The summed E-state index contributed by atoms with van der Waals surface area (Å²) in [6.45, 7) is 8.02. The summed E-state index contributed by atoms with van der Waals surface area (Å²) in [4.78, 5) is 10.7. The first kappa shape index (κ1) is 12.4. The summed E-state index contributed by atoms with van der Waals surface area (Å²) in [5, 5.41) is 0. The number of allylic oxidation sites excluding steroid dienone is 1. The average molecular weight is 182 g/mol. The Balaban J connectivity index is 3.48. The van der Waals surface area contributed by atoms with Crippen molar-refractivity contribution in [3.8, 4) is 0 Å². The molecule has 0 fully saturated rings. The maximum absolute atomic E-state index is 10.7. The number of carbonyl (C=O) groups excluding carboxylic acids is 1. The van der Waals surface area contributed by atoms with Crippen LogP contribution in [0.15, 0.2) is 12.2 Å². The van der Waals surface area contributed by atoms with Crippen molar-refractivity contribution in [1.29, 1.82) is 0 Å². The number of unbranched alkanes of at least 4 members (excludes halogenated alkanes) is 3. The van der Waals surface area contributed by atoms with Gasteiger partial charge in [0.2, 0.25) is 0 Å². The molecule has 13 heavy (non-hydrogen) atoms. The van der Waals surface area contributed by atoms with Gasteiger partial charge in [0.15, 0.2) is 0 Å². The Hall–Kier alpha value is -0.590. The van der Waals surface area contributed by atoms with E-state index in [1.54, 1.807) is 0 Å². The SMILES string of the molecule is C=C(C)CC(C=O)CCCCCC. The molecule has 0 heterocycles. The molecule has 0 bridgehead atoms. The van der Waals surface area contributed by atoms with Crippen LogP contribution in [-0.2, 0) is 4.79 Å². The fourth-order valence-corrected chi connectivity index (χ4v) is 1.50.